The van der Waals surface area contributed by atoms with Crippen LogP contribution in [-0.4, -0.2) is 50.3 Å². The van der Waals surface area contributed by atoms with Gasteiger partial charge in [0, 0.05) is 32.8 Å². The zero-order valence-electron chi connectivity index (χ0n) is 11.4. The van der Waals surface area contributed by atoms with Gasteiger partial charge in [0.15, 0.2) is 0 Å². The maximum Gasteiger partial charge on any atom is 0.0673 e. The van der Waals surface area contributed by atoms with E-state index in [9.17, 15) is 0 Å². The van der Waals surface area contributed by atoms with Gasteiger partial charge in [-0.25, -0.2) is 0 Å². The molecule has 0 aromatic rings. The van der Waals surface area contributed by atoms with Gasteiger partial charge < -0.3 is 15.0 Å². The van der Waals surface area contributed by atoms with Crippen molar-refractivity contribution in [3.8, 4) is 0 Å². The normalized spacial score (nSPS) is 24.4. The Balaban J connectivity index is 2.38. The van der Waals surface area contributed by atoms with Crippen molar-refractivity contribution >= 4 is 0 Å². The number of hydrogen-bond acceptors (Lipinski definition) is 3. The topological polar surface area (TPSA) is 24.5 Å². The first-order valence-corrected chi connectivity index (χ1v) is 6.58. The number of nitrogens with zero attached hydrogens (tertiary/aromatic N) is 1. The van der Waals surface area contributed by atoms with Crippen LogP contribution in [0.15, 0.2) is 0 Å². The van der Waals surface area contributed by atoms with E-state index in [1.165, 1.54) is 13.0 Å². The van der Waals surface area contributed by atoms with Crippen LogP contribution in [-0.2, 0) is 4.74 Å². The summed E-state index contributed by atoms with van der Waals surface area (Å²) in [6, 6.07) is 0. The molecule has 0 bridgehead atoms. The van der Waals surface area contributed by atoms with Crippen molar-refractivity contribution in [2.24, 2.45) is 5.41 Å². The Morgan fingerprint density at radius 1 is 1.44 bits per heavy atom. The number of rotatable bonds is 5. The third kappa shape index (κ3) is 5.28. The molecular weight excluding hydrogens is 200 g/mol. The van der Waals surface area contributed by atoms with Crippen molar-refractivity contribution in [1.82, 2.24) is 10.2 Å². The lowest BCUT2D eigenvalue weighted by Gasteiger charge is -2.32. The summed E-state index contributed by atoms with van der Waals surface area (Å²) in [5.74, 6) is 0. The SMILES string of the molecule is CCNCC(C)(C)CN1CCCOC(C)C1. The van der Waals surface area contributed by atoms with Crippen molar-refractivity contribution in [2.45, 2.75) is 40.2 Å². The fourth-order valence-electron chi connectivity index (χ4n) is 2.35. The molecule has 3 heteroatoms. The lowest BCUT2D eigenvalue weighted by atomic mass is 9.92. The summed E-state index contributed by atoms with van der Waals surface area (Å²) in [7, 11) is 0. The van der Waals surface area contributed by atoms with E-state index in [1.807, 2.05) is 0 Å². The summed E-state index contributed by atoms with van der Waals surface area (Å²) in [6.07, 6.45) is 1.55. The quantitative estimate of drug-likeness (QED) is 0.775. The Labute approximate surface area is 101 Å². The van der Waals surface area contributed by atoms with E-state index in [2.05, 4.69) is 37.9 Å². The first kappa shape index (κ1) is 13.9. The highest BCUT2D eigenvalue weighted by Crippen LogP contribution is 2.17. The van der Waals surface area contributed by atoms with Gasteiger partial charge in [-0.2, -0.15) is 0 Å². The van der Waals surface area contributed by atoms with Crippen molar-refractivity contribution in [3.63, 3.8) is 0 Å². The Kier molecular flexibility index (Phi) is 5.73. The molecule has 0 saturated carbocycles. The monoisotopic (exact) mass is 228 g/mol. The highest BCUT2D eigenvalue weighted by molar-refractivity contribution is 4.78. The zero-order chi connectivity index (χ0) is 12.0. The number of hydrogen-bond donors (Lipinski definition) is 1. The van der Waals surface area contributed by atoms with Crippen LogP contribution < -0.4 is 5.32 Å². The number of ether oxygens (including phenoxy) is 1. The molecule has 0 radical (unpaired) electrons. The lowest BCUT2D eigenvalue weighted by molar-refractivity contribution is 0.0617. The molecule has 1 rings (SSSR count). The molecule has 96 valence electrons. The molecule has 1 fully saturated rings. The Morgan fingerprint density at radius 3 is 2.88 bits per heavy atom. The predicted octanol–water partition coefficient (Wildman–Crippen LogP) is 1.73. The molecule has 16 heavy (non-hydrogen) atoms. The minimum atomic E-state index is 0.347. The molecule has 1 heterocycles. The van der Waals surface area contributed by atoms with Crippen molar-refractivity contribution in [1.29, 1.82) is 0 Å². The van der Waals surface area contributed by atoms with Crippen molar-refractivity contribution in [3.05, 3.63) is 0 Å². The minimum absolute atomic E-state index is 0.347. The van der Waals surface area contributed by atoms with Gasteiger partial charge in [-0.1, -0.05) is 20.8 Å². The highest BCUT2D eigenvalue weighted by Gasteiger charge is 2.23. The van der Waals surface area contributed by atoms with Gasteiger partial charge >= 0.3 is 0 Å². The van der Waals surface area contributed by atoms with E-state index < -0.39 is 0 Å². The molecule has 1 saturated heterocycles. The number of nitrogens with one attached hydrogen (secondary N) is 1. The van der Waals surface area contributed by atoms with Gasteiger partial charge in [-0.15, -0.1) is 0 Å². The molecule has 1 atom stereocenters. The summed E-state index contributed by atoms with van der Waals surface area (Å²) < 4.78 is 5.67. The maximum atomic E-state index is 5.67. The average molecular weight is 228 g/mol. The average Bonchev–Trinajstić information content (AvgIpc) is 2.39. The fraction of sp³-hybridized carbons (Fsp3) is 1.00. The zero-order valence-corrected chi connectivity index (χ0v) is 11.4. The van der Waals surface area contributed by atoms with Crippen molar-refractivity contribution in [2.75, 3.05) is 39.3 Å². The van der Waals surface area contributed by atoms with Crippen LogP contribution in [0, 0.1) is 5.41 Å². The summed E-state index contributed by atoms with van der Waals surface area (Å²) in [4.78, 5) is 2.55. The van der Waals surface area contributed by atoms with Crippen LogP contribution in [0.1, 0.15) is 34.1 Å². The smallest absolute Gasteiger partial charge is 0.0673 e. The van der Waals surface area contributed by atoms with E-state index in [0.29, 0.717) is 11.5 Å². The van der Waals surface area contributed by atoms with Gasteiger partial charge in [0.1, 0.15) is 0 Å². The van der Waals surface area contributed by atoms with Crippen LogP contribution in [0.5, 0.6) is 0 Å². The van der Waals surface area contributed by atoms with Gasteiger partial charge in [0.05, 0.1) is 6.10 Å². The molecule has 0 spiro atoms. The van der Waals surface area contributed by atoms with Gasteiger partial charge in [0.2, 0.25) is 0 Å². The summed E-state index contributed by atoms with van der Waals surface area (Å²) >= 11 is 0. The van der Waals surface area contributed by atoms with Crippen LogP contribution in [0.3, 0.4) is 0 Å². The third-order valence-electron chi connectivity index (χ3n) is 3.04. The molecular formula is C13H28N2O. The Hall–Kier alpha value is -0.120. The van der Waals surface area contributed by atoms with E-state index in [0.717, 1.165) is 32.8 Å². The lowest BCUT2D eigenvalue weighted by Crippen LogP contribution is -2.42. The van der Waals surface area contributed by atoms with Crippen LogP contribution in [0.4, 0.5) is 0 Å². The fourth-order valence-corrected chi connectivity index (χ4v) is 2.35. The Morgan fingerprint density at radius 2 is 2.19 bits per heavy atom. The standard InChI is InChI=1S/C13H28N2O/c1-5-14-10-13(3,4)11-15-7-6-8-16-12(2)9-15/h12,14H,5-11H2,1-4H3. The van der Waals surface area contributed by atoms with E-state index in [1.54, 1.807) is 0 Å². The molecule has 0 amide bonds. The largest absolute Gasteiger partial charge is 0.377 e. The Bertz CT molecular complexity index is 194. The molecule has 1 aliphatic rings. The summed E-state index contributed by atoms with van der Waals surface area (Å²) in [6.45, 7) is 15.5. The minimum Gasteiger partial charge on any atom is -0.377 e. The van der Waals surface area contributed by atoms with Crippen molar-refractivity contribution < 1.29 is 4.74 Å². The molecule has 3 nitrogen and oxygen atoms in total. The maximum absolute atomic E-state index is 5.67. The highest BCUT2D eigenvalue weighted by atomic mass is 16.5. The van der Waals surface area contributed by atoms with Gasteiger partial charge in [-0.3, -0.25) is 0 Å². The first-order valence-electron chi connectivity index (χ1n) is 6.58. The van der Waals surface area contributed by atoms with Gasteiger partial charge in [-0.05, 0) is 25.3 Å². The molecule has 0 aliphatic carbocycles. The first-order chi connectivity index (χ1) is 7.53. The summed E-state index contributed by atoms with van der Waals surface area (Å²) in [5.41, 5.74) is 0.347. The predicted molar refractivity (Wildman–Crippen MR) is 68.8 cm³/mol. The summed E-state index contributed by atoms with van der Waals surface area (Å²) in [5, 5.41) is 3.45. The molecule has 1 aliphatic heterocycles. The second kappa shape index (κ2) is 6.58. The van der Waals surface area contributed by atoms with Crippen LogP contribution in [0.2, 0.25) is 0 Å². The molecule has 1 unspecified atom stereocenters. The second-order valence-electron chi connectivity index (χ2n) is 5.71. The molecule has 0 aromatic carbocycles. The molecule has 0 aromatic heterocycles. The van der Waals surface area contributed by atoms with E-state index in [4.69, 9.17) is 4.74 Å². The van der Waals surface area contributed by atoms with Crippen LogP contribution >= 0.6 is 0 Å². The van der Waals surface area contributed by atoms with E-state index in [-0.39, 0.29) is 0 Å². The van der Waals surface area contributed by atoms with E-state index >= 15 is 0 Å². The third-order valence-corrected chi connectivity index (χ3v) is 3.04. The van der Waals surface area contributed by atoms with Crippen LogP contribution in [0.25, 0.3) is 0 Å². The van der Waals surface area contributed by atoms with Gasteiger partial charge in [0.25, 0.3) is 0 Å². The second-order valence-corrected chi connectivity index (χ2v) is 5.71. The molecule has 1 N–H and O–H groups in total.